The summed E-state index contributed by atoms with van der Waals surface area (Å²) in [5, 5.41) is 12.5. The van der Waals surface area contributed by atoms with Crippen LogP contribution in [0.15, 0.2) is 41.3 Å². The molecule has 0 aliphatic carbocycles. The van der Waals surface area contributed by atoms with E-state index in [1.165, 1.54) is 17.0 Å². The molecular weight excluding hydrogens is 464 g/mol. The van der Waals surface area contributed by atoms with E-state index in [9.17, 15) is 23.1 Å². The van der Waals surface area contributed by atoms with E-state index < -0.39 is 27.6 Å². The second-order valence-electron chi connectivity index (χ2n) is 8.90. The topological polar surface area (TPSA) is 95.0 Å². The molecule has 9 heteroatoms. The number of nitrogens with zero attached hydrogens (tertiary/aromatic N) is 2. The van der Waals surface area contributed by atoms with E-state index in [0.29, 0.717) is 42.8 Å². The molecule has 2 heterocycles. The number of carbonyl (C=O) groups excluding carboxylic acids is 2. The van der Waals surface area contributed by atoms with Crippen molar-refractivity contribution in [3.63, 3.8) is 0 Å². The fourth-order valence-electron chi connectivity index (χ4n) is 4.76. The molecule has 0 spiro atoms. The molecule has 2 fully saturated rings. The zero-order chi connectivity index (χ0) is 23.6. The number of piperidine rings is 1. The summed E-state index contributed by atoms with van der Waals surface area (Å²) in [7, 11) is -3.87. The maximum Gasteiger partial charge on any atom is 0.252 e. The van der Waals surface area contributed by atoms with Gasteiger partial charge >= 0.3 is 0 Å². The molecule has 0 saturated carbocycles. The Labute approximate surface area is 199 Å². The van der Waals surface area contributed by atoms with Crippen LogP contribution in [-0.4, -0.2) is 72.7 Å². The van der Waals surface area contributed by atoms with Crippen LogP contribution in [0.4, 0.5) is 0 Å². The monoisotopic (exact) mass is 492 g/mol. The number of rotatable bonds is 5. The van der Waals surface area contributed by atoms with Crippen molar-refractivity contribution < 1.29 is 23.1 Å². The van der Waals surface area contributed by atoms with Gasteiger partial charge in [-0.05, 0) is 60.7 Å². The first kappa shape index (κ1) is 24.0. The van der Waals surface area contributed by atoms with Gasteiger partial charge in [0.2, 0.25) is 5.91 Å². The van der Waals surface area contributed by atoms with E-state index in [1.807, 2.05) is 4.90 Å². The normalized spacial score (nSPS) is 19.5. The molecule has 2 aliphatic rings. The lowest BCUT2D eigenvalue weighted by molar-refractivity contribution is -0.141. The second kappa shape index (κ2) is 9.99. The van der Waals surface area contributed by atoms with Crippen LogP contribution in [0.1, 0.15) is 38.5 Å². The van der Waals surface area contributed by atoms with Gasteiger partial charge in [0, 0.05) is 37.1 Å². The third-order valence-electron chi connectivity index (χ3n) is 6.62. The van der Waals surface area contributed by atoms with Gasteiger partial charge in [0.25, 0.3) is 5.91 Å². The Morgan fingerprint density at radius 1 is 1.03 bits per heavy atom. The number of hydrogen-bond acceptors (Lipinski definition) is 5. The van der Waals surface area contributed by atoms with Crippen LogP contribution in [-0.2, 0) is 19.4 Å². The largest absolute Gasteiger partial charge is 0.382 e. The van der Waals surface area contributed by atoms with Gasteiger partial charge < -0.3 is 14.9 Å². The molecule has 1 N–H and O–H groups in total. The summed E-state index contributed by atoms with van der Waals surface area (Å²) in [6, 6.07) is 9.92. The minimum Gasteiger partial charge on any atom is -0.382 e. The molecule has 2 amide bonds. The molecule has 4 rings (SSSR count). The molecule has 2 aliphatic heterocycles. The van der Waals surface area contributed by atoms with Crippen molar-refractivity contribution in [3.8, 4) is 0 Å². The van der Waals surface area contributed by atoms with Gasteiger partial charge in [0.1, 0.15) is 6.10 Å². The third-order valence-corrected chi connectivity index (χ3v) is 8.58. The van der Waals surface area contributed by atoms with Gasteiger partial charge in [-0.15, -0.1) is 0 Å². The van der Waals surface area contributed by atoms with E-state index >= 15 is 0 Å². The van der Waals surface area contributed by atoms with Crippen molar-refractivity contribution >= 4 is 44.0 Å². The molecule has 2 saturated heterocycles. The fraction of sp³-hybridized carbons (Fsp3) is 0.500. The number of benzene rings is 2. The number of aliphatic hydroxyl groups excluding tert-OH is 1. The first-order chi connectivity index (χ1) is 15.7. The smallest absolute Gasteiger partial charge is 0.252 e. The van der Waals surface area contributed by atoms with Gasteiger partial charge in [-0.3, -0.25) is 9.59 Å². The van der Waals surface area contributed by atoms with Crippen LogP contribution in [0, 0.1) is 0 Å². The second-order valence-corrected chi connectivity index (χ2v) is 11.4. The summed E-state index contributed by atoms with van der Waals surface area (Å²) in [6.45, 7) is 1.57. The predicted octanol–water partition coefficient (Wildman–Crippen LogP) is 3.02. The van der Waals surface area contributed by atoms with Crippen molar-refractivity contribution in [1.82, 2.24) is 9.80 Å². The van der Waals surface area contributed by atoms with E-state index in [1.54, 1.807) is 24.3 Å². The minimum absolute atomic E-state index is 0.0579. The maximum atomic E-state index is 12.9. The number of hydrogen-bond donors (Lipinski definition) is 1. The van der Waals surface area contributed by atoms with Crippen LogP contribution in [0.3, 0.4) is 0 Å². The summed E-state index contributed by atoms with van der Waals surface area (Å²) < 4.78 is 25.7. The zero-order valence-corrected chi connectivity index (χ0v) is 20.0. The number of likely N-dealkylation sites (tertiary alicyclic amines) is 2. The summed E-state index contributed by atoms with van der Waals surface area (Å²) in [5.41, 5.74) is 0. The number of halogens is 1. The Kier molecular flexibility index (Phi) is 7.26. The molecule has 33 heavy (non-hydrogen) atoms. The van der Waals surface area contributed by atoms with Gasteiger partial charge in [-0.1, -0.05) is 30.2 Å². The third kappa shape index (κ3) is 5.50. The lowest BCUT2D eigenvalue weighted by Crippen LogP contribution is -2.51. The van der Waals surface area contributed by atoms with E-state index in [-0.39, 0.29) is 16.8 Å². The highest BCUT2D eigenvalue weighted by atomic mass is 35.5. The molecular formula is C24H29ClN2O5S. The van der Waals surface area contributed by atoms with Gasteiger partial charge in [-0.25, -0.2) is 8.42 Å². The average Bonchev–Trinajstić information content (AvgIpc) is 3.02. The Morgan fingerprint density at radius 3 is 2.48 bits per heavy atom. The number of aliphatic hydroxyl groups is 1. The number of sulfone groups is 1. The lowest BCUT2D eigenvalue weighted by atomic mass is 10.0. The Balaban J connectivity index is 1.37. The molecule has 178 valence electrons. The lowest BCUT2D eigenvalue weighted by Gasteiger charge is -2.38. The van der Waals surface area contributed by atoms with Crippen LogP contribution in [0.2, 0.25) is 5.02 Å². The standard InChI is InChI=1S/C24H29ClN2O5S/c25-19-7-5-18-15-21(8-6-17(18)14-19)33(31,32)16-22(28)24(30)26-12-9-20(10-13-26)27-11-3-1-2-4-23(27)29/h5-8,14-15,20,22,28H,1-4,9-13,16H2/t22-/m1/s1. The van der Waals surface area contributed by atoms with Crippen molar-refractivity contribution in [2.45, 2.75) is 55.6 Å². The summed E-state index contributed by atoms with van der Waals surface area (Å²) in [6.07, 6.45) is 3.23. The highest BCUT2D eigenvalue weighted by molar-refractivity contribution is 7.91. The minimum atomic E-state index is -3.87. The summed E-state index contributed by atoms with van der Waals surface area (Å²) in [5.74, 6) is -1.07. The van der Waals surface area contributed by atoms with Crippen molar-refractivity contribution in [2.75, 3.05) is 25.4 Å². The van der Waals surface area contributed by atoms with Crippen LogP contribution < -0.4 is 0 Å². The maximum absolute atomic E-state index is 12.9. The quantitative estimate of drug-likeness (QED) is 0.692. The molecule has 2 aromatic carbocycles. The molecule has 1 atom stereocenters. The van der Waals surface area contributed by atoms with E-state index in [0.717, 1.165) is 31.2 Å². The van der Waals surface area contributed by atoms with Crippen LogP contribution in [0.5, 0.6) is 0 Å². The zero-order valence-electron chi connectivity index (χ0n) is 18.5. The molecule has 2 aromatic rings. The highest BCUT2D eigenvalue weighted by Gasteiger charge is 2.33. The first-order valence-corrected chi connectivity index (χ1v) is 13.5. The van der Waals surface area contributed by atoms with Gasteiger partial charge in [-0.2, -0.15) is 0 Å². The van der Waals surface area contributed by atoms with Crippen molar-refractivity contribution in [1.29, 1.82) is 0 Å². The first-order valence-electron chi connectivity index (χ1n) is 11.4. The number of fused-ring (bicyclic) bond motifs is 1. The van der Waals surface area contributed by atoms with Crippen LogP contribution >= 0.6 is 11.6 Å². The molecule has 0 radical (unpaired) electrons. The van der Waals surface area contributed by atoms with Crippen LogP contribution in [0.25, 0.3) is 10.8 Å². The predicted molar refractivity (Wildman–Crippen MR) is 127 cm³/mol. The molecule has 0 unspecified atom stereocenters. The highest BCUT2D eigenvalue weighted by Crippen LogP contribution is 2.25. The van der Waals surface area contributed by atoms with Crippen molar-refractivity contribution in [3.05, 3.63) is 41.4 Å². The molecule has 7 nitrogen and oxygen atoms in total. The Morgan fingerprint density at radius 2 is 1.73 bits per heavy atom. The Bertz CT molecular complexity index is 1140. The number of carbonyl (C=O) groups is 2. The average molecular weight is 493 g/mol. The SMILES string of the molecule is O=C([C@H](O)CS(=O)(=O)c1ccc2cc(Cl)ccc2c1)N1CCC(N2CCCCCC2=O)CC1. The molecule has 0 aromatic heterocycles. The van der Waals surface area contributed by atoms with E-state index in [2.05, 4.69) is 0 Å². The summed E-state index contributed by atoms with van der Waals surface area (Å²) in [4.78, 5) is 28.7. The molecule has 0 bridgehead atoms. The van der Waals surface area contributed by atoms with Crippen molar-refractivity contribution in [2.24, 2.45) is 0 Å². The fourth-order valence-corrected chi connectivity index (χ4v) is 6.27. The van der Waals surface area contributed by atoms with E-state index in [4.69, 9.17) is 11.6 Å². The summed E-state index contributed by atoms with van der Waals surface area (Å²) >= 11 is 5.98. The van der Waals surface area contributed by atoms with Gasteiger partial charge in [0.15, 0.2) is 9.84 Å². The van der Waals surface area contributed by atoms with Gasteiger partial charge in [0.05, 0.1) is 10.6 Å². The Hall–Kier alpha value is -2.16. The number of amides is 2.